The molecule has 2 aromatic rings. The summed E-state index contributed by atoms with van der Waals surface area (Å²) < 4.78 is 5.44. The highest BCUT2D eigenvalue weighted by molar-refractivity contribution is 6.48. The molecule has 0 fully saturated rings. The van der Waals surface area contributed by atoms with Crippen molar-refractivity contribution >= 4 is 58.0 Å². The first-order valence-corrected chi connectivity index (χ1v) is 6.78. The quantitative estimate of drug-likeness (QED) is 0.625. The lowest BCUT2D eigenvalue weighted by molar-refractivity contribution is 0.411. The van der Waals surface area contributed by atoms with E-state index in [2.05, 4.69) is 0 Å². The van der Waals surface area contributed by atoms with Crippen LogP contribution in [0.5, 0.6) is 17.2 Å². The minimum Gasteiger partial charge on any atom is -0.503 e. The molecule has 0 heterocycles. The Morgan fingerprint density at radius 2 is 1.47 bits per heavy atom. The van der Waals surface area contributed by atoms with Gasteiger partial charge in [-0.3, -0.25) is 0 Å². The van der Waals surface area contributed by atoms with Gasteiger partial charge >= 0.3 is 0 Å². The topological polar surface area (TPSA) is 29.5 Å². The van der Waals surface area contributed by atoms with Crippen LogP contribution in [0.15, 0.2) is 24.3 Å². The second-order valence-electron chi connectivity index (χ2n) is 3.51. The maximum absolute atomic E-state index is 9.84. The molecule has 0 amide bonds. The lowest BCUT2D eigenvalue weighted by Crippen LogP contribution is -1.88. The Balaban J connectivity index is 2.44. The monoisotopic (exact) mass is 356 g/mol. The van der Waals surface area contributed by atoms with Gasteiger partial charge in [0.05, 0.1) is 15.1 Å². The van der Waals surface area contributed by atoms with Gasteiger partial charge in [-0.05, 0) is 18.2 Å². The number of phenols is 1. The number of hydrogen-bond acceptors (Lipinski definition) is 2. The summed E-state index contributed by atoms with van der Waals surface area (Å²) in [4.78, 5) is 0. The second kappa shape index (κ2) is 5.86. The first-order valence-electron chi connectivity index (χ1n) is 4.89. The lowest BCUT2D eigenvalue weighted by Gasteiger charge is -2.12. The van der Waals surface area contributed by atoms with Crippen molar-refractivity contribution in [1.82, 2.24) is 0 Å². The van der Waals surface area contributed by atoms with Crippen molar-refractivity contribution in [2.24, 2.45) is 0 Å². The molecule has 0 saturated heterocycles. The maximum Gasteiger partial charge on any atom is 0.179 e. The summed E-state index contributed by atoms with van der Waals surface area (Å²) in [7, 11) is 0. The summed E-state index contributed by atoms with van der Waals surface area (Å²) in [6.07, 6.45) is 0. The summed E-state index contributed by atoms with van der Waals surface area (Å²) in [6.45, 7) is 0. The highest BCUT2D eigenvalue weighted by atomic mass is 35.5. The molecule has 2 nitrogen and oxygen atoms in total. The van der Waals surface area contributed by atoms with Crippen LogP contribution in [-0.2, 0) is 0 Å². The SMILES string of the molecule is Oc1c(Oc2ccc(Cl)cc2Cl)cc(Cl)c(Cl)c1Cl. The Labute approximate surface area is 134 Å². The minimum absolute atomic E-state index is 0.0450. The van der Waals surface area contributed by atoms with E-state index in [0.29, 0.717) is 10.8 Å². The van der Waals surface area contributed by atoms with Crippen LogP contribution in [0, 0.1) is 0 Å². The zero-order valence-corrected chi connectivity index (χ0v) is 12.8. The van der Waals surface area contributed by atoms with Gasteiger partial charge < -0.3 is 9.84 Å². The van der Waals surface area contributed by atoms with Crippen molar-refractivity contribution in [3.05, 3.63) is 49.4 Å². The van der Waals surface area contributed by atoms with Gasteiger partial charge in [-0.15, -0.1) is 0 Å². The second-order valence-corrected chi connectivity index (χ2v) is 5.52. The average molecular weight is 358 g/mol. The number of benzene rings is 2. The molecule has 2 rings (SSSR count). The van der Waals surface area contributed by atoms with Gasteiger partial charge in [0, 0.05) is 11.1 Å². The van der Waals surface area contributed by atoms with Gasteiger partial charge in [-0.25, -0.2) is 0 Å². The first kappa shape index (κ1) is 14.9. The van der Waals surface area contributed by atoms with E-state index in [0.717, 1.165) is 0 Å². The van der Waals surface area contributed by atoms with E-state index >= 15 is 0 Å². The Hall–Kier alpha value is -0.510. The molecule has 0 atom stereocenters. The van der Waals surface area contributed by atoms with Crippen LogP contribution in [0.2, 0.25) is 25.1 Å². The Bertz CT molecular complexity index is 643. The van der Waals surface area contributed by atoms with E-state index in [4.69, 9.17) is 62.7 Å². The molecular weight excluding hydrogens is 353 g/mol. The molecule has 0 aliphatic rings. The zero-order valence-electron chi connectivity index (χ0n) is 9.05. The Kier molecular flexibility index (Phi) is 4.59. The van der Waals surface area contributed by atoms with E-state index in [1.54, 1.807) is 12.1 Å². The van der Waals surface area contributed by atoms with Gasteiger partial charge in [0.15, 0.2) is 11.5 Å². The molecule has 0 aliphatic heterocycles. The van der Waals surface area contributed by atoms with E-state index in [-0.39, 0.29) is 31.6 Å². The summed E-state index contributed by atoms with van der Waals surface area (Å²) in [6, 6.07) is 6.00. The van der Waals surface area contributed by atoms with E-state index < -0.39 is 0 Å². The third-order valence-corrected chi connectivity index (χ3v) is 4.00. The molecule has 0 bridgehead atoms. The number of aromatic hydroxyl groups is 1. The predicted octanol–water partition coefficient (Wildman–Crippen LogP) is 6.45. The smallest absolute Gasteiger partial charge is 0.179 e. The van der Waals surface area contributed by atoms with E-state index in [1.165, 1.54) is 12.1 Å². The molecule has 0 aromatic heterocycles. The van der Waals surface area contributed by atoms with E-state index in [9.17, 15) is 5.11 Å². The van der Waals surface area contributed by atoms with Crippen molar-refractivity contribution in [1.29, 1.82) is 0 Å². The van der Waals surface area contributed by atoms with Crippen LogP contribution in [0.25, 0.3) is 0 Å². The molecule has 100 valence electrons. The number of phenolic OH excluding ortho intramolecular Hbond substituents is 1. The number of ether oxygens (including phenoxy) is 1. The molecule has 0 saturated carbocycles. The summed E-state index contributed by atoms with van der Waals surface area (Å²) in [5.41, 5.74) is 0. The van der Waals surface area contributed by atoms with Crippen molar-refractivity contribution in [2.45, 2.75) is 0 Å². The molecule has 1 N–H and O–H groups in total. The van der Waals surface area contributed by atoms with Crippen LogP contribution in [0.3, 0.4) is 0 Å². The molecule has 0 radical (unpaired) electrons. The van der Waals surface area contributed by atoms with Crippen molar-refractivity contribution in [3.8, 4) is 17.2 Å². The van der Waals surface area contributed by atoms with Crippen molar-refractivity contribution < 1.29 is 9.84 Å². The maximum atomic E-state index is 9.84. The highest BCUT2D eigenvalue weighted by Gasteiger charge is 2.16. The van der Waals surface area contributed by atoms with Crippen molar-refractivity contribution in [3.63, 3.8) is 0 Å². The molecular formula is C12H5Cl5O2. The van der Waals surface area contributed by atoms with Gasteiger partial charge in [-0.2, -0.15) is 0 Å². The third-order valence-electron chi connectivity index (χ3n) is 2.22. The molecule has 0 spiro atoms. The summed E-state index contributed by atoms with van der Waals surface area (Å²) >= 11 is 29.2. The van der Waals surface area contributed by atoms with Gasteiger partial charge in [0.2, 0.25) is 0 Å². The number of halogens is 5. The number of rotatable bonds is 2. The Morgan fingerprint density at radius 3 is 2.11 bits per heavy atom. The van der Waals surface area contributed by atoms with Crippen LogP contribution < -0.4 is 4.74 Å². The standard InChI is InChI=1S/C12H5Cl5O2/c13-5-1-2-8(6(14)3-5)19-9-4-7(15)10(16)11(17)12(9)18/h1-4,18H. The largest absolute Gasteiger partial charge is 0.503 e. The van der Waals surface area contributed by atoms with Crippen LogP contribution in [-0.4, -0.2) is 5.11 Å². The van der Waals surface area contributed by atoms with Gasteiger partial charge in [-0.1, -0.05) is 58.0 Å². The fraction of sp³-hybridized carbons (Fsp3) is 0. The van der Waals surface area contributed by atoms with Crippen molar-refractivity contribution in [2.75, 3.05) is 0 Å². The molecule has 0 unspecified atom stereocenters. The third kappa shape index (κ3) is 3.15. The predicted molar refractivity (Wildman–Crippen MR) is 79.7 cm³/mol. The molecule has 2 aromatic carbocycles. The lowest BCUT2D eigenvalue weighted by atomic mass is 10.3. The fourth-order valence-electron chi connectivity index (χ4n) is 1.32. The summed E-state index contributed by atoms with van der Waals surface area (Å²) in [5, 5.41) is 10.7. The highest BCUT2D eigenvalue weighted by Crippen LogP contribution is 2.45. The van der Waals surface area contributed by atoms with Crippen LogP contribution in [0.1, 0.15) is 0 Å². The van der Waals surface area contributed by atoms with E-state index in [1.807, 2.05) is 0 Å². The Morgan fingerprint density at radius 1 is 0.789 bits per heavy atom. The molecule has 0 aliphatic carbocycles. The number of hydrogen-bond donors (Lipinski definition) is 1. The molecule has 7 heteroatoms. The van der Waals surface area contributed by atoms with Crippen LogP contribution in [0.4, 0.5) is 0 Å². The minimum atomic E-state index is -0.318. The summed E-state index contributed by atoms with van der Waals surface area (Å²) in [5.74, 6) is 0.0292. The zero-order chi connectivity index (χ0) is 14.2. The van der Waals surface area contributed by atoms with Gasteiger partial charge in [0.1, 0.15) is 10.8 Å². The van der Waals surface area contributed by atoms with Gasteiger partial charge in [0.25, 0.3) is 0 Å². The fourth-order valence-corrected chi connectivity index (χ4v) is 2.35. The normalized spacial score (nSPS) is 10.6. The first-order chi connectivity index (χ1) is 8.90. The molecule has 19 heavy (non-hydrogen) atoms. The van der Waals surface area contributed by atoms with Crippen LogP contribution >= 0.6 is 58.0 Å². The average Bonchev–Trinajstić information content (AvgIpc) is 2.36.